The van der Waals surface area contributed by atoms with E-state index in [1.165, 1.54) is 0 Å². The van der Waals surface area contributed by atoms with Crippen LogP contribution in [0, 0.1) is 0 Å². The molecule has 1 aliphatic rings. The Morgan fingerprint density at radius 2 is 1.77 bits per heavy atom. The van der Waals surface area contributed by atoms with Gasteiger partial charge in [0.05, 0.1) is 10.6 Å². The molecule has 4 nitrogen and oxygen atoms in total. The molecule has 1 atom stereocenters. The van der Waals surface area contributed by atoms with Gasteiger partial charge in [-0.15, -0.1) is 0 Å². The first-order valence-electron chi connectivity index (χ1n) is 8.15. The van der Waals surface area contributed by atoms with Crippen molar-refractivity contribution in [2.45, 2.75) is 62.0 Å². The standard InChI is InChI=1S/C17H28N2O2S/c1-14(19(2)16-10-8-15(18)9-11-16)12-13-22(20,21)17-6-4-3-5-7-17/h3-7,14-16H,8-13,18H2,1-2H3/t14-,15?,16?/m0/s1. The predicted molar refractivity (Wildman–Crippen MR) is 90.6 cm³/mol. The molecule has 0 amide bonds. The number of hydrogen-bond donors (Lipinski definition) is 1. The van der Waals surface area contributed by atoms with Crippen LogP contribution < -0.4 is 5.73 Å². The van der Waals surface area contributed by atoms with E-state index in [0.29, 0.717) is 23.4 Å². The van der Waals surface area contributed by atoms with Gasteiger partial charge >= 0.3 is 0 Å². The number of benzene rings is 1. The molecule has 124 valence electrons. The molecule has 0 aromatic heterocycles. The van der Waals surface area contributed by atoms with Crippen molar-refractivity contribution in [1.82, 2.24) is 4.90 Å². The van der Waals surface area contributed by atoms with Crippen LogP contribution >= 0.6 is 0 Å². The van der Waals surface area contributed by atoms with Crippen molar-refractivity contribution >= 4 is 9.84 Å². The Kier molecular flexibility index (Phi) is 6.01. The Labute approximate surface area is 134 Å². The molecule has 0 radical (unpaired) electrons. The molecule has 1 aliphatic carbocycles. The van der Waals surface area contributed by atoms with E-state index in [1.54, 1.807) is 24.3 Å². The van der Waals surface area contributed by atoms with E-state index in [4.69, 9.17) is 5.73 Å². The molecule has 22 heavy (non-hydrogen) atoms. The van der Waals surface area contributed by atoms with Gasteiger partial charge in [-0.3, -0.25) is 0 Å². The molecule has 1 saturated carbocycles. The molecule has 1 aromatic carbocycles. The highest BCUT2D eigenvalue weighted by Gasteiger charge is 2.25. The van der Waals surface area contributed by atoms with Crippen LogP contribution in [0.25, 0.3) is 0 Å². The van der Waals surface area contributed by atoms with Crippen LogP contribution in [0.15, 0.2) is 35.2 Å². The van der Waals surface area contributed by atoms with E-state index in [1.807, 2.05) is 6.07 Å². The second-order valence-corrected chi connectivity index (χ2v) is 8.61. The number of rotatable bonds is 6. The number of nitrogens with zero attached hydrogens (tertiary/aromatic N) is 1. The van der Waals surface area contributed by atoms with Gasteiger partial charge in [0.2, 0.25) is 0 Å². The second kappa shape index (κ2) is 7.57. The molecule has 0 unspecified atom stereocenters. The highest BCUT2D eigenvalue weighted by Crippen LogP contribution is 2.24. The summed E-state index contributed by atoms with van der Waals surface area (Å²) in [6.45, 7) is 2.12. The molecule has 5 heteroatoms. The molecular formula is C17H28N2O2S. The minimum atomic E-state index is -3.18. The summed E-state index contributed by atoms with van der Waals surface area (Å²) in [5.74, 6) is 0.203. The van der Waals surface area contributed by atoms with Gasteiger partial charge in [0.1, 0.15) is 0 Å². The Hall–Kier alpha value is -0.910. The zero-order valence-corrected chi connectivity index (χ0v) is 14.4. The Morgan fingerprint density at radius 3 is 2.36 bits per heavy atom. The topological polar surface area (TPSA) is 63.4 Å². The number of sulfone groups is 1. The van der Waals surface area contributed by atoms with Crippen LogP contribution in [0.5, 0.6) is 0 Å². The third-order valence-corrected chi connectivity index (χ3v) is 6.68. The van der Waals surface area contributed by atoms with Crippen LogP contribution in [0.1, 0.15) is 39.0 Å². The predicted octanol–water partition coefficient (Wildman–Crippen LogP) is 2.44. The highest BCUT2D eigenvalue weighted by atomic mass is 32.2. The summed E-state index contributed by atoms with van der Waals surface area (Å²) in [5, 5.41) is 0. The van der Waals surface area contributed by atoms with Gasteiger partial charge < -0.3 is 10.6 Å². The normalized spacial score (nSPS) is 24.4. The third-order valence-electron chi connectivity index (χ3n) is 4.92. The van der Waals surface area contributed by atoms with Gasteiger partial charge in [-0.05, 0) is 58.2 Å². The molecule has 0 aliphatic heterocycles. The van der Waals surface area contributed by atoms with Crippen LogP contribution in [-0.4, -0.2) is 44.2 Å². The first-order valence-corrected chi connectivity index (χ1v) is 9.80. The van der Waals surface area contributed by atoms with Crippen molar-refractivity contribution < 1.29 is 8.42 Å². The first kappa shape index (κ1) is 17.4. The lowest BCUT2D eigenvalue weighted by Gasteiger charge is -2.37. The van der Waals surface area contributed by atoms with Gasteiger partial charge in [-0.25, -0.2) is 8.42 Å². The second-order valence-electron chi connectivity index (χ2n) is 6.50. The summed E-state index contributed by atoms with van der Waals surface area (Å²) < 4.78 is 24.7. The third kappa shape index (κ3) is 4.54. The van der Waals surface area contributed by atoms with E-state index in [9.17, 15) is 8.42 Å². The van der Waals surface area contributed by atoms with Crippen molar-refractivity contribution in [2.24, 2.45) is 5.73 Å². The average molecular weight is 324 g/mol. The molecule has 0 spiro atoms. The van der Waals surface area contributed by atoms with Gasteiger partial charge in [0.15, 0.2) is 9.84 Å². The average Bonchev–Trinajstić information content (AvgIpc) is 2.53. The van der Waals surface area contributed by atoms with E-state index in [0.717, 1.165) is 25.7 Å². The lowest BCUT2D eigenvalue weighted by molar-refractivity contribution is 0.138. The zero-order chi connectivity index (χ0) is 16.2. The lowest BCUT2D eigenvalue weighted by atomic mass is 9.90. The fourth-order valence-electron chi connectivity index (χ4n) is 3.14. The minimum absolute atomic E-state index is 0.203. The smallest absolute Gasteiger partial charge is 0.178 e. The zero-order valence-electron chi connectivity index (χ0n) is 13.6. The summed E-state index contributed by atoms with van der Waals surface area (Å²) in [7, 11) is -1.06. The van der Waals surface area contributed by atoms with E-state index in [-0.39, 0.29) is 11.8 Å². The van der Waals surface area contributed by atoms with Crippen LogP contribution in [-0.2, 0) is 9.84 Å². The van der Waals surface area contributed by atoms with Gasteiger partial charge in [-0.1, -0.05) is 18.2 Å². The Morgan fingerprint density at radius 1 is 1.18 bits per heavy atom. The van der Waals surface area contributed by atoms with Crippen molar-refractivity contribution in [2.75, 3.05) is 12.8 Å². The van der Waals surface area contributed by atoms with Gasteiger partial charge in [-0.2, -0.15) is 0 Å². The largest absolute Gasteiger partial charge is 0.328 e. The SMILES string of the molecule is C[C@@H](CCS(=O)(=O)c1ccccc1)N(C)C1CCC(N)CC1. The molecule has 0 saturated heterocycles. The molecule has 2 N–H and O–H groups in total. The Bertz CT molecular complexity index is 551. The highest BCUT2D eigenvalue weighted by molar-refractivity contribution is 7.91. The summed E-state index contributed by atoms with van der Waals surface area (Å²) in [5.41, 5.74) is 5.96. The van der Waals surface area contributed by atoms with Crippen molar-refractivity contribution in [3.8, 4) is 0 Å². The first-order chi connectivity index (χ1) is 10.4. The maximum atomic E-state index is 12.3. The van der Waals surface area contributed by atoms with Gasteiger partial charge in [0.25, 0.3) is 0 Å². The fourth-order valence-corrected chi connectivity index (χ4v) is 4.60. The van der Waals surface area contributed by atoms with Crippen molar-refractivity contribution in [3.05, 3.63) is 30.3 Å². The lowest BCUT2D eigenvalue weighted by Crippen LogP contribution is -2.43. The van der Waals surface area contributed by atoms with Crippen molar-refractivity contribution in [3.63, 3.8) is 0 Å². The van der Waals surface area contributed by atoms with Crippen molar-refractivity contribution in [1.29, 1.82) is 0 Å². The van der Waals surface area contributed by atoms with Crippen LogP contribution in [0.4, 0.5) is 0 Å². The summed E-state index contributed by atoms with van der Waals surface area (Å²) in [6.07, 6.45) is 5.05. The van der Waals surface area contributed by atoms with E-state index < -0.39 is 9.84 Å². The number of nitrogens with two attached hydrogens (primary N) is 1. The number of hydrogen-bond acceptors (Lipinski definition) is 4. The van der Waals surface area contributed by atoms with Crippen LogP contribution in [0.2, 0.25) is 0 Å². The quantitative estimate of drug-likeness (QED) is 0.873. The molecular weight excluding hydrogens is 296 g/mol. The maximum absolute atomic E-state index is 12.3. The monoisotopic (exact) mass is 324 g/mol. The van der Waals surface area contributed by atoms with Gasteiger partial charge in [0, 0.05) is 18.1 Å². The summed E-state index contributed by atoms with van der Waals surface area (Å²) in [4.78, 5) is 2.76. The van der Waals surface area contributed by atoms with E-state index >= 15 is 0 Å². The molecule has 1 fully saturated rings. The minimum Gasteiger partial charge on any atom is -0.328 e. The molecule has 1 aromatic rings. The maximum Gasteiger partial charge on any atom is 0.178 e. The summed E-state index contributed by atoms with van der Waals surface area (Å²) in [6, 6.07) is 9.87. The molecule has 0 heterocycles. The molecule has 2 rings (SSSR count). The van der Waals surface area contributed by atoms with E-state index in [2.05, 4.69) is 18.9 Å². The molecule has 0 bridgehead atoms. The summed E-state index contributed by atoms with van der Waals surface area (Å²) >= 11 is 0. The Balaban J connectivity index is 1.88. The fraction of sp³-hybridized carbons (Fsp3) is 0.647. The van der Waals surface area contributed by atoms with Crippen LogP contribution in [0.3, 0.4) is 0 Å².